The zero-order valence-corrected chi connectivity index (χ0v) is 12.1. The second-order valence-corrected chi connectivity index (χ2v) is 6.15. The Hall–Kier alpha value is -1.85. The number of primary sulfonamides is 1. The van der Waals surface area contributed by atoms with E-state index in [1.54, 1.807) is 12.1 Å². The van der Waals surface area contributed by atoms with Crippen LogP contribution in [-0.2, 0) is 10.0 Å². The summed E-state index contributed by atoms with van der Waals surface area (Å²) in [6.45, 7) is 2.08. The van der Waals surface area contributed by atoms with E-state index in [1.807, 2.05) is 36.4 Å². The van der Waals surface area contributed by atoms with E-state index in [2.05, 4.69) is 12.2 Å². The summed E-state index contributed by atoms with van der Waals surface area (Å²) in [6.07, 6.45) is 0.892. The first-order valence-electron chi connectivity index (χ1n) is 6.45. The number of nitrogens with one attached hydrogen (secondary N) is 1. The van der Waals surface area contributed by atoms with Gasteiger partial charge in [0.05, 0.1) is 10.9 Å². The van der Waals surface area contributed by atoms with Gasteiger partial charge < -0.3 is 5.32 Å². The highest BCUT2D eigenvalue weighted by atomic mass is 32.2. The predicted molar refractivity (Wildman–Crippen MR) is 80.9 cm³/mol. The number of anilines is 1. The number of hydrogen-bond acceptors (Lipinski definition) is 3. The minimum absolute atomic E-state index is 0.116. The van der Waals surface area contributed by atoms with Gasteiger partial charge in [0.15, 0.2) is 0 Å². The van der Waals surface area contributed by atoms with Crippen LogP contribution in [0.25, 0.3) is 0 Å². The van der Waals surface area contributed by atoms with Gasteiger partial charge in [-0.25, -0.2) is 13.6 Å². The van der Waals surface area contributed by atoms with E-state index < -0.39 is 10.0 Å². The molecule has 2 aromatic rings. The molecule has 1 atom stereocenters. The van der Waals surface area contributed by atoms with Crippen LogP contribution < -0.4 is 10.5 Å². The maximum atomic E-state index is 11.4. The van der Waals surface area contributed by atoms with Crippen LogP contribution in [0.4, 0.5) is 5.69 Å². The molecule has 0 fully saturated rings. The topological polar surface area (TPSA) is 72.2 Å². The number of rotatable bonds is 5. The predicted octanol–water partition coefficient (Wildman–Crippen LogP) is 2.90. The van der Waals surface area contributed by atoms with Crippen LogP contribution in [0.3, 0.4) is 0 Å². The molecule has 2 aromatic carbocycles. The van der Waals surface area contributed by atoms with Crippen LogP contribution in [0.1, 0.15) is 24.9 Å². The highest BCUT2D eigenvalue weighted by Gasteiger charge is 2.11. The van der Waals surface area contributed by atoms with Crippen LogP contribution in [-0.4, -0.2) is 8.42 Å². The lowest BCUT2D eigenvalue weighted by molar-refractivity contribution is 0.598. The Morgan fingerprint density at radius 3 is 2.40 bits per heavy atom. The lowest BCUT2D eigenvalue weighted by Gasteiger charge is -2.19. The molecule has 2 rings (SSSR count). The normalized spacial score (nSPS) is 12.9. The molecular formula is C15H18N2O2S. The van der Waals surface area contributed by atoms with Gasteiger partial charge in [-0.3, -0.25) is 0 Å². The van der Waals surface area contributed by atoms with Crippen molar-refractivity contribution < 1.29 is 8.42 Å². The van der Waals surface area contributed by atoms with Crippen molar-refractivity contribution in [3.05, 3.63) is 60.2 Å². The highest BCUT2D eigenvalue weighted by molar-refractivity contribution is 7.89. The lowest BCUT2D eigenvalue weighted by Crippen LogP contribution is -2.13. The van der Waals surface area contributed by atoms with E-state index in [4.69, 9.17) is 5.14 Å². The van der Waals surface area contributed by atoms with Gasteiger partial charge in [0.25, 0.3) is 0 Å². The lowest BCUT2D eigenvalue weighted by atomic mass is 10.0. The third-order valence-corrected chi connectivity index (χ3v) is 4.02. The maximum Gasteiger partial charge on any atom is 0.238 e. The molecule has 0 spiro atoms. The summed E-state index contributed by atoms with van der Waals surface area (Å²) in [4.78, 5) is 0.116. The molecule has 0 aliphatic rings. The number of benzene rings is 2. The van der Waals surface area contributed by atoms with E-state index >= 15 is 0 Å². The van der Waals surface area contributed by atoms with Crippen LogP contribution in [0.15, 0.2) is 59.5 Å². The molecule has 106 valence electrons. The zero-order chi connectivity index (χ0) is 14.6. The van der Waals surface area contributed by atoms with Crippen molar-refractivity contribution in [2.24, 2.45) is 5.14 Å². The van der Waals surface area contributed by atoms with E-state index in [9.17, 15) is 8.42 Å². The molecule has 0 saturated heterocycles. The number of nitrogens with two attached hydrogens (primary N) is 1. The summed E-state index contributed by atoms with van der Waals surface area (Å²) in [5.41, 5.74) is 1.91. The highest BCUT2D eigenvalue weighted by Crippen LogP contribution is 2.23. The second kappa shape index (κ2) is 6.07. The Morgan fingerprint density at radius 2 is 1.80 bits per heavy atom. The molecule has 0 heterocycles. The molecule has 1 unspecified atom stereocenters. The van der Waals surface area contributed by atoms with E-state index in [1.165, 1.54) is 6.07 Å². The summed E-state index contributed by atoms with van der Waals surface area (Å²) < 4.78 is 22.7. The molecule has 0 bridgehead atoms. The second-order valence-electron chi connectivity index (χ2n) is 4.59. The Labute approximate surface area is 119 Å². The van der Waals surface area contributed by atoms with Gasteiger partial charge in [-0.1, -0.05) is 43.3 Å². The Kier molecular flexibility index (Phi) is 4.42. The summed E-state index contributed by atoms with van der Waals surface area (Å²) in [7, 11) is -3.67. The quantitative estimate of drug-likeness (QED) is 0.889. The third-order valence-electron chi connectivity index (χ3n) is 3.11. The molecule has 0 saturated carbocycles. The Bertz CT molecular complexity index is 669. The number of hydrogen-bond donors (Lipinski definition) is 2. The largest absolute Gasteiger partial charge is 0.378 e. The Morgan fingerprint density at radius 1 is 1.10 bits per heavy atom. The molecule has 0 aromatic heterocycles. The molecule has 0 aliphatic carbocycles. The first kappa shape index (κ1) is 14.6. The van der Waals surface area contributed by atoms with Crippen LogP contribution in [0.5, 0.6) is 0 Å². The minimum atomic E-state index is -3.67. The van der Waals surface area contributed by atoms with Gasteiger partial charge in [0, 0.05) is 5.69 Å². The van der Waals surface area contributed by atoms with Gasteiger partial charge in [0.1, 0.15) is 0 Å². The monoisotopic (exact) mass is 290 g/mol. The van der Waals surface area contributed by atoms with Crippen LogP contribution in [0, 0.1) is 0 Å². The fraction of sp³-hybridized carbons (Fsp3) is 0.200. The van der Waals surface area contributed by atoms with Gasteiger partial charge in [0.2, 0.25) is 10.0 Å². The van der Waals surface area contributed by atoms with Crippen molar-refractivity contribution in [2.45, 2.75) is 24.3 Å². The molecule has 0 radical (unpaired) electrons. The Balaban J connectivity index is 2.25. The first-order chi connectivity index (χ1) is 9.50. The summed E-state index contributed by atoms with van der Waals surface area (Å²) in [6, 6.07) is 16.7. The fourth-order valence-corrected chi connectivity index (χ4v) is 2.63. The van der Waals surface area contributed by atoms with Gasteiger partial charge in [-0.15, -0.1) is 0 Å². The standard InChI is InChI=1S/C15H18N2O2S/c1-2-15(12-7-4-3-5-8-12)17-13-9-6-10-14(11-13)20(16,18)19/h3-11,15,17H,2H2,1H3,(H2,16,18,19). The smallest absolute Gasteiger partial charge is 0.238 e. The maximum absolute atomic E-state index is 11.4. The molecule has 4 nitrogen and oxygen atoms in total. The SMILES string of the molecule is CCC(Nc1cccc(S(N)(=O)=O)c1)c1ccccc1. The molecule has 5 heteroatoms. The average Bonchev–Trinajstić information content (AvgIpc) is 2.45. The van der Waals surface area contributed by atoms with E-state index in [-0.39, 0.29) is 10.9 Å². The third kappa shape index (κ3) is 3.59. The average molecular weight is 290 g/mol. The van der Waals surface area contributed by atoms with Crippen molar-refractivity contribution in [1.82, 2.24) is 0 Å². The molecule has 3 N–H and O–H groups in total. The van der Waals surface area contributed by atoms with E-state index in [0.717, 1.165) is 17.7 Å². The van der Waals surface area contributed by atoms with Crippen molar-refractivity contribution in [1.29, 1.82) is 0 Å². The summed E-state index contributed by atoms with van der Waals surface area (Å²) in [5.74, 6) is 0. The molecule has 20 heavy (non-hydrogen) atoms. The van der Waals surface area contributed by atoms with Gasteiger partial charge >= 0.3 is 0 Å². The number of sulfonamides is 1. The van der Waals surface area contributed by atoms with E-state index in [0.29, 0.717) is 0 Å². The van der Waals surface area contributed by atoms with Crippen molar-refractivity contribution in [3.8, 4) is 0 Å². The zero-order valence-electron chi connectivity index (χ0n) is 11.3. The van der Waals surface area contributed by atoms with Crippen molar-refractivity contribution in [3.63, 3.8) is 0 Å². The fourth-order valence-electron chi connectivity index (χ4n) is 2.07. The molecule has 0 amide bonds. The summed E-state index contributed by atoms with van der Waals surface area (Å²) in [5, 5.41) is 8.48. The van der Waals surface area contributed by atoms with Gasteiger partial charge in [-0.2, -0.15) is 0 Å². The molecule has 0 aliphatic heterocycles. The minimum Gasteiger partial charge on any atom is -0.378 e. The van der Waals surface area contributed by atoms with Crippen LogP contribution in [0.2, 0.25) is 0 Å². The van der Waals surface area contributed by atoms with Gasteiger partial charge in [-0.05, 0) is 30.2 Å². The van der Waals surface area contributed by atoms with Crippen LogP contribution >= 0.6 is 0 Å². The van der Waals surface area contributed by atoms with Crippen molar-refractivity contribution in [2.75, 3.05) is 5.32 Å². The van der Waals surface area contributed by atoms with Crippen molar-refractivity contribution >= 4 is 15.7 Å². The first-order valence-corrected chi connectivity index (χ1v) is 7.99. The molecular weight excluding hydrogens is 272 g/mol. The summed E-state index contributed by atoms with van der Waals surface area (Å²) >= 11 is 0.